The Morgan fingerprint density at radius 1 is 1.32 bits per heavy atom. The number of halogens is 7. The van der Waals surface area contributed by atoms with Crippen molar-refractivity contribution < 1.29 is 18.0 Å². The Kier molecular flexibility index (Phi) is 5.04. The second-order valence-corrected chi connectivity index (χ2v) is 8.66. The quantitative estimate of drug-likeness (QED) is 0.474. The molecule has 1 unspecified atom stereocenters. The number of rotatable bonds is 4. The van der Waals surface area contributed by atoms with E-state index in [1.54, 1.807) is 6.92 Å². The van der Waals surface area contributed by atoms with Gasteiger partial charge in [0.2, 0.25) is 6.41 Å². The monoisotopic (exact) mass is 470 g/mol. The van der Waals surface area contributed by atoms with Gasteiger partial charge in [-0.2, -0.15) is 23.5 Å². The third-order valence-electron chi connectivity index (χ3n) is 4.53. The van der Waals surface area contributed by atoms with Gasteiger partial charge < -0.3 is 5.32 Å². The van der Waals surface area contributed by atoms with Gasteiger partial charge in [-0.15, -0.1) is 23.2 Å². The number of hydrogen-bond donors (Lipinski definition) is 1. The zero-order valence-corrected chi connectivity index (χ0v) is 16.9. The van der Waals surface area contributed by atoms with Gasteiger partial charge in [0.25, 0.3) is 0 Å². The fourth-order valence-electron chi connectivity index (χ4n) is 2.85. The second kappa shape index (κ2) is 6.70. The van der Waals surface area contributed by atoms with Crippen molar-refractivity contribution in [2.24, 2.45) is 0 Å². The lowest BCUT2D eigenvalue weighted by molar-refractivity contribution is -0.137. The lowest BCUT2D eigenvalue weighted by Gasteiger charge is -2.14. The van der Waals surface area contributed by atoms with Crippen molar-refractivity contribution in [1.29, 1.82) is 5.26 Å². The second-order valence-electron chi connectivity index (χ2n) is 6.36. The fourth-order valence-corrected chi connectivity index (χ4v) is 4.21. The maximum Gasteiger partial charge on any atom is 0.416 e. The summed E-state index contributed by atoms with van der Waals surface area (Å²) in [6, 6.07) is 3.26. The van der Waals surface area contributed by atoms with Crippen LogP contribution in [0, 0.1) is 11.3 Å². The molecule has 0 saturated heterocycles. The van der Waals surface area contributed by atoms with Crippen molar-refractivity contribution in [2.75, 3.05) is 5.32 Å². The molecule has 1 amide bonds. The van der Waals surface area contributed by atoms with Crippen LogP contribution in [-0.2, 0) is 16.4 Å². The molecule has 2 aromatic rings. The molecule has 148 valence electrons. The van der Waals surface area contributed by atoms with E-state index in [-0.39, 0.29) is 45.6 Å². The Labute approximate surface area is 176 Å². The molecule has 1 aromatic heterocycles. The fraction of sp³-hybridized carbons (Fsp3) is 0.312. The Morgan fingerprint density at radius 2 is 1.86 bits per heavy atom. The molecule has 1 fully saturated rings. The summed E-state index contributed by atoms with van der Waals surface area (Å²) in [6.07, 6.45) is -4.10. The summed E-state index contributed by atoms with van der Waals surface area (Å²) < 4.78 is 38.8. The topological polar surface area (TPSA) is 70.7 Å². The van der Waals surface area contributed by atoms with E-state index in [1.807, 2.05) is 6.07 Å². The van der Waals surface area contributed by atoms with Crippen LogP contribution in [0.3, 0.4) is 0 Å². The zero-order chi connectivity index (χ0) is 21.1. The Hall–Kier alpha value is -1.66. The van der Waals surface area contributed by atoms with Crippen LogP contribution in [0.5, 0.6) is 0 Å². The van der Waals surface area contributed by atoms with E-state index in [2.05, 4.69) is 10.4 Å². The highest BCUT2D eigenvalue weighted by molar-refractivity contribution is 6.52. The molecule has 28 heavy (non-hydrogen) atoms. The number of hydrogen-bond acceptors (Lipinski definition) is 3. The van der Waals surface area contributed by atoms with Gasteiger partial charge in [0, 0.05) is 5.41 Å². The summed E-state index contributed by atoms with van der Waals surface area (Å²) in [6.45, 7) is 1.67. The van der Waals surface area contributed by atoms with Crippen molar-refractivity contribution in [3.05, 3.63) is 39.0 Å². The minimum atomic E-state index is -4.67. The van der Waals surface area contributed by atoms with E-state index in [9.17, 15) is 23.2 Å². The Morgan fingerprint density at radius 3 is 2.25 bits per heavy atom. The molecule has 1 aliphatic carbocycles. The van der Waals surface area contributed by atoms with Gasteiger partial charge in [0.1, 0.15) is 21.7 Å². The molecule has 5 nitrogen and oxygen atoms in total. The molecule has 1 atom stereocenters. The number of benzene rings is 1. The first-order valence-corrected chi connectivity index (χ1v) is 9.07. The van der Waals surface area contributed by atoms with E-state index in [0.717, 1.165) is 4.68 Å². The van der Waals surface area contributed by atoms with Crippen LogP contribution < -0.4 is 5.32 Å². The molecular formula is C16H9Cl4F3N4O. The number of alkyl halides is 5. The molecule has 3 rings (SSSR count). The lowest BCUT2D eigenvalue weighted by Crippen LogP contribution is -2.13. The van der Waals surface area contributed by atoms with Crippen LogP contribution in [0.2, 0.25) is 10.0 Å². The maximum absolute atomic E-state index is 13.0. The summed E-state index contributed by atoms with van der Waals surface area (Å²) in [4.78, 5) is 11.1. The van der Waals surface area contributed by atoms with Crippen molar-refractivity contribution in [2.45, 2.75) is 29.3 Å². The first-order chi connectivity index (χ1) is 12.9. The van der Waals surface area contributed by atoms with Crippen molar-refractivity contribution in [1.82, 2.24) is 9.78 Å². The van der Waals surface area contributed by atoms with Crippen LogP contribution >= 0.6 is 46.4 Å². The molecule has 1 N–H and O–H groups in total. The SMILES string of the molecule is CC1(c2nn(-c3c(Cl)cc(C(F)(F)F)cc3Cl)c(NC=O)c2C#N)CC1(Cl)Cl. The zero-order valence-electron chi connectivity index (χ0n) is 13.8. The first-order valence-electron chi connectivity index (χ1n) is 7.55. The molecule has 0 aliphatic heterocycles. The van der Waals surface area contributed by atoms with Gasteiger partial charge in [-0.3, -0.25) is 4.79 Å². The number of carbonyl (C=O) groups excluding carboxylic acids is 1. The van der Waals surface area contributed by atoms with Gasteiger partial charge in [-0.25, -0.2) is 4.68 Å². The van der Waals surface area contributed by atoms with E-state index in [1.165, 1.54) is 0 Å². The maximum atomic E-state index is 13.0. The molecule has 12 heteroatoms. The van der Waals surface area contributed by atoms with Crippen LogP contribution in [0.15, 0.2) is 12.1 Å². The number of anilines is 1. The molecule has 1 heterocycles. The van der Waals surface area contributed by atoms with Crippen molar-refractivity contribution in [3.63, 3.8) is 0 Å². The summed E-state index contributed by atoms with van der Waals surface area (Å²) in [5, 5.41) is 15.4. The molecule has 0 bridgehead atoms. The van der Waals surface area contributed by atoms with Crippen LogP contribution in [0.1, 0.15) is 30.2 Å². The Bertz CT molecular complexity index is 1010. The van der Waals surface area contributed by atoms with E-state index in [0.29, 0.717) is 12.1 Å². The normalized spacial score (nSPS) is 20.5. The van der Waals surface area contributed by atoms with Crippen molar-refractivity contribution in [3.8, 4) is 11.8 Å². The highest BCUT2D eigenvalue weighted by atomic mass is 35.5. The van der Waals surface area contributed by atoms with E-state index >= 15 is 0 Å². The van der Waals surface area contributed by atoms with Crippen LogP contribution in [0.4, 0.5) is 19.0 Å². The van der Waals surface area contributed by atoms with Crippen LogP contribution in [-0.4, -0.2) is 20.5 Å². The molecule has 0 spiro atoms. The van der Waals surface area contributed by atoms with Gasteiger partial charge in [0.15, 0.2) is 5.82 Å². The minimum absolute atomic E-state index is 0.0511. The number of nitrogens with one attached hydrogen (secondary N) is 1. The largest absolute Gasteiger partial charge is 0.416 e. The lowest BCUT2D eigenvalue weighted by atomic mass is 10.0. The number of amides is 1. The highest BCUT2D eigenvalue weighted by Crippen LogP contribution is 2.65. The van der Waals surface area contributed by atoms with Gasteiger partial charge in [0.05, 0.1) is 21.3 Å². The third kappa shape index (κ3) is 3.20. The highest BCUT2D eigenvalue weighted by Gasteiger charge is 2.66. The summed E-state index contributed by atoms with van der Waals surface area (Å²) in [7, 11) is 0. The summed E-state index contributed by atoms with van der Waals surface area (Å²) >= 11 is 24.4. The van der Waals surface area contributed by atoms with Gasteiger partial charge >= 0.3 is 6.18 Å². The minimum Gasteiger partial charge on any atom is -0.312 e. The van der Waals surface area contributed by atoms with Gasteiger partial charge in [-0.05, 0) is 18.6 Å². The number of nitrogens with zero attached hydrogens (tertiary/aromatic N) is 3. The van der Waals surface area contributed by atoms with Crippen molar-refractivity contribution >= 4 is 58.6 Å². The molecule has 1 aliphatic rings. The molecule has 1 saturated carbocycles. The van der Waals surface area contributed by atoms with Gasteiger partial charge in [-0.1, -0.05) is 30.1 Å². The number of nitriles is 1. The summed E-state index contributed by atoms with van der Waals surface area (Å²) in [5.74, 6) is -0.117. The average molecular weight is 472 g/mol. The molecule has 0 radical (unpaired) electrons. The number of aromatic nitrogens is 2. The van der Waals surface area contributed by atoms with E-state index in [4.69, 9.17) is 46.4 Å². The Balaban J connectivity index is 2.28. The molecular weight excluding hydrogens is 463 g/mol. The smallest absolute Gasteiger partial charge is 0.312 e. The first kappa shape index (κ1) is 21.1. The number of carbonyl (C=O) groups is 1. The predicted octanol–water partition coefficient (Wildman–Crippen LogP) is 5.47. The van der Waals surface area contributed by atoms with Crippen LogP contribution in [0.25, 0.3) is 5.69 Å². The van der Waals surface area contributed by atoms with E-state index < -0.39 is 21.5 Å². The standard InChI is InChI=1S/C16H9Cl4F3N4O/c1-14(5-15(14,19)20)12-8(4-24)13(25-6-28)27(26-12)11-9(17)2-7(3-10(11)18)16(21,22)23/h2-3,6H,5H2,1H3,(H,25,28). The summed E-state index contributed by atoms with van der Waals surface area (Å²) in [5.41, 5.74) is -1.99. The predicted molar refractivity (Wildman–Crippen MR) is 99.4 cm³/mol. The third-order valence-corrected chi connectivity index (χ3v) is 6.21. The average Bonchev–Trinajstić information content (AvgIpc) is 2.91. The molecule has 1 aromatic carbocycles.